The van der Waals surface area contributed by atoms with E-state index < -0.39 is 43.6 Å². The predicted molar refractivity (Wildman–Crippen MR) is 105 cm³/mol. The fraction of sp³-hybridized carbons (Fsp3) is 0.111. The zero-order valence-corrected chi connectivity index (χ0v) is 16.9. The third-order valence-corrected chi connectivity index (χ3v) is 5.74. The Morgan fingerprint density at radius 2 is 1.48 bits per heavy atom. The zero-order chi connectivity index (χ0) is 21.6. The van der Waals surface area contributed by atoms with Crippen molar-refractivity contribution in [1.29, 1.82) is 0 Å². The molecule has 2 aromatic carbocycles. The Morgan fingerprint density at radius 1 is 0.966 bits per heavy atom. The predicted octanol–water partition coefficient (Wildman–Crippen LogP) is 1.28. The SMILES string of the molecule is C=Cc1ccc(N=Nc2ccc(N(CC(=O)O)CC(=O)O)c([As](=O)(O)O)c2)cc1. The maximum absolute atomic E-state index is 12.0. The molecule has 2 rings (SSSR count). The number of aliphatic carboxylic acids is 2. The normalized spacial score (nSPS) is 11.4. The van der Waals surface area contributed by atoms with Crippen molar-refractivity contribution in [3.8, 4) is 0 Å². The van der Waals surface area contributed by atoms with Crippen LogP contribution in [0.2, 0.25) is 0 Å². The van der Waals surface area contributed by atoms with Crippen molar-refractivity contribution in [2.24, 2.45) is 10.2 Å². The summed E-state index contributed by atoms with van der Waals surface area (Å²) in [6.45, 7) is 2.15. The maximum atomic E-state index is 12.0. The molecule has 0 aromatic heterocycles. The monoisotopic (exact) mass is 463 g/mol. The Morgan fingerprint density at radius 3 is 1.97 bits per heavy atom. The van der Waals surface area contributed by atoms with E-state index in [1.165, 1.54) is 12.1 Å². The summed E-state index contributed by atoms with van der Waals surface area (Å²) in [5.41, 5.74) is 1.32. The molecule has 0 amide bonds. The zero-order valence-electron chi connectivity index (χ0n) is 15.0. The van der Waals surface area contributed by atoms with Crippen LogP contribution >= 0.6 is 0 Å². The molecule has 0 aliphatic heterocycles. The average molecular weight is 463 g/mol. The van der Waals surface area contributed by atoms with Crippen LogP contribution < -0.4 is 9.25 Å². The van der Waals surface area contributed by atoms with Gasteiger partial charge in [0.1, 0.15) is 0 Å². The van der Waals surface area contributed by atoms with E-state index in [4.69, 9.17) is 10.2 Å². The first-order valence-electron chi connectivity index (χ1n) is 8.13. The molecule has 0 saturated carbocycles. The topological polar surface area (TPSA) is 160 Å². The van der Waals surface area contributed by atoms with Gasteiger partial charge in [0.25, 0.3) is 0 Å². The molecule has 0 unspecified atom stereocenters. The second kappa shape index (κ2) is 9.33. The summed E-state index contributed by atoms with van der Waals surface area (Å²) in [6.07, 6.45) is 1.66. The molecule has 10 nitrogen and oxygen atoms in total. The number of benzene rings is 2. The number of hydrogen-bond donors (Lipinski definition) is 4. The minimum atomic E-state index is -5.56. The molecule has 0 heterocycles. The number of carboxylic acid groups (broad SMARTS) is 2. The molecular weight excluding hydrogens is 445 g/mol. The molecule has 0 atom stereocenters. The van der Waals surface area contributed by atoms with Crippen LogP contribution in [0.15, 0.2) is 59.3 Å². The van der Waals surface area contributed by atoms with Crippen molar-refractivity contribution < 1.29 is 31.7 Å². The van der Waals surface area contributed by atoms with Crippen LogP contribution in [0.4, 0.5) is 17.1 Å². The van der Waals surface area contributed by atoms with E-state index in [0.29, 0.717) is 5.69 Å². The first-order valence-corrected chi connectivity index (χ1v) is 11.5. The molecule has 29 heavy (non-hydrogen) atoms. The van der Waals surface area contributed by atoms with E-state index in [0.717, 1.165) is 16.5 Å². The molecule has 0 aliphatic carbocycles. The third kappa shape index (κ3) is 6.42. The number of azo groups is 1. The van der Waals surface area contributed by atoms with Gasteiger partial charge < -0.3 is 0 Å². The van der Waals surface area contributed by atoms with Crippen molar-refractivity contribution in [2.75, 3.05) is 18.0 Å². The molecule has 0 fully saturated rings. The van der Waals surface area contributed by atoms with E-state index in [9.17, 15) is 21.5 Å². The summed E-state index contributed by atoms with van der Waals surface area (Å²) >= 11 is -5.56. The number of hydrogen-bond acceptors (Lipinski definition) is 6. The second-order valence-corrected chi connectivity index (χ2v) is 9.15. The summed E-state index contributed by atoms with van der Waals surface area (Å²) < 4.78 is 30.9. The van der Waals surface area contributed by atoms with Gasteiger partial charge in [-0.2, -0.15) is 0 Å². The molecule has 0 aliphatic rings. The molecule has 152 valence electrons. The van der Waals surface area contributed by atoms with Crippen LogP contribution in [0, 0.1) is 0 Å². The number of anilines is 1. The first-order chi connectivity index (χ1) is 13.6. The molecular formula is C18H18AsN3O7. The standard InChI is InChI=1S/C18H18AsN3O7/c1-2-12-3-5-13(6-4-12)20-21-14-7-8-16(15(9-14)19(27,28)29)22(10-17(23)24)11-18(25)26/h2-9H,1,10-11H2,(H,23,24)(H,25,26)(H2,27,28,29). The molecule has 0 radical (unpaired) electrons. The minimum absolute atomic E-state index is 0.117. The van der Waals surface area contributed by atoms with Crippen LogP contribution in [-0.4, -0.2) is 57.6 Å². The number of carboxylic acids is 2. The van der Waals surface area contributed by atoms with Crippen molar-refractivity contribution in [3.63, 3.8) is 0 Å². The van der Waals surface area contributed by atoms with Gasteiger partial charge in [-0.1, -0.05) is 0 Å². The first kappa shape index (κ1) is 22.1. The van der Waals surface area contributed by atoms with E-state index in [1.807, 2.05) is 0 Å². The van der Waals surface area contributed by atoms with E-state index in [2.05, 4.69) is 16.8 Å². The van der Waals surface area contributed by atoms with Crippen LogP contribution in [0.5, 0.6) is 0 Å². The van der Waals surface area contributed by atoms with Crippen molar-refractivity contribution in [3.05, 3.63) is 54.6 Å². The van der Waals surface area contributed by atoms with E-state index >= 15 is 0 Å². The third-order valence-electron chi connectivity index (χ3n) is 3.68. The Labute approximate surface area is 168 Å². The molecule has 0 spiro atoms. The van der Waals surface area contributed by atoms with Gasteiger partial charge >= 0.3 is 168 Å². The average Bonchev–Trinajstić information content (AvgIpc) is 2.64. The summed E-state index contributed by atoms with van der Waals surface area (Å²) in [5, 5.41) is 25.9. The Kier molecular flexibility index (Phi) is 7.11. The van der Waals surface area contributed by atoms with Gasteiger partial charge in [0.05, 0.1) is 0 Å². The number of nitrogens with zero attached hydrogens (tertiary/aromatic N) is 3. The van der Waals surface area contributed by atoms with Gasteiger partial charge in [-0.25, -0.2) is 0 Å². The van der Waals surface area contributed by atoms with E-state index in [1.54, 1.807) is 30.3 Å². The molecule has 0 bridgehead atoms. The van der Waals surface area contributed by atoms with Crippen LogP contribution in [0.1, 0.15) is 5.56 Å². The summed E-state index contributed by atoms with van der Waals surface area (Å²) in [7, 11) is 0. The number of carbonyl (C=O) groups is 2. The van der Waals surface area contributed by atoms with Crippen LogP contribution in [0.25, 0.3) is 6.08 Å². The van der Waals surface area contributed by atoms with Gasteiger partial charge in [0.15, 0.2) is 0 Å². The Bertz CT molecular complexity index is 983. The van der Waals surface area contributed by atoms with Crippen molar-refractivity contribution in [1.82, 2.24) is 0 Å². The van der Waals surface area contributed by atoms with Gasteiger partial charge in [0, 0.05) is 0 Å². The Balaban J connectivity index is 2.43. The van der Waals surface area contributed by atoms with Crippen LogP contribution in [-0.2, 0) is 13.3 Å². The molecule has 2 aromatic rings. The fourth-order valence-electron chi connectivity index (χ4n) is 2.42. The van der Waals surface area contributed by atoms with Crippen LogP contribution in [0.3, 0.4) is 0 Å². The fourth-order valence-corrected chi connectivity index (χ4v) is 4.13. The van der Waals surface area contributed by atoms with Crippen molar-refractivity contribution >= 4 is 53.6 Å². The summed E-state index contributed by atoms with van der Waals surface area (Å²) in [4.78, 5) is 22.9. The Hall–Kier alpha value is -3.20. The van der Waals surface area contributed by atoms with Gasteiger partial charge in [-0.15, -0.1) is 0 Å². The van der Waals surface area contributed by atoms with Gasteiger partial charge in [-0.3, -0.25) is 0 Å². The quantitative estimate of drug-likeness (QED) is 0.320. The molecule has 11 heteroatoms. The molecule has 4 N–H and O–H groups in total. The summed E-state index contributed by atoms with van der Waals surface area (Å²) in [5.74, 6) is -2.69. The van der Waals surface area contributed by atoms with Gasteiger partial charge in [-0.05, 0) is 0 Å². The van der Waals surface area contributed by atoms with Crippen molar-refractivity contribution in [2.45, 2.75) is 0 Å². The summed E-state index contributed by atoms with van der Waals surface area (Å²) in [6, 6.07) is 10.6. The van der Waals surface area contributed by atoms with Gasteiger partial charge in [0.2, 0.25) is 0 Å². The molecule has 0 saturated heterocycles. The van der Waals surface area contributed by atoms with E-state index in [-0.39, 0.29) is 11.4 Å². The second-order valence-electron chi connectivity index (χ2n) is 5.86. The number of rotatable bonds is 9.